The Bertz CT molecular complexity index is 1730. The third-order valence-corrected chi connectivity index (χ3v) is 7.46. The van der Waals surface area contributed by atoms with Crippen LogP contribution in [-0.2, 0) is 9.59 Å². The van der Waals surface area contributed by atoms with E-state index < -0.39 is 12.1 Å². The number of carboxylic acid groups (broad SMARTS) is 1. The average molecular weight is 560 g/mol. The number of anilines is 2. The van der Waals surface area contributed by atoms with Crippen LogP contribution in [0.4, 0.5) is 11.4 Å². The molecule has 0 aromatic heterocycles. The molecule has 0 spiro atoms. The fourth-order valence-corrected chi connectivity index (χ4v) is 5.28. The number of benzene rings is 4. The lowest BCUT2D eigenvalue weighted by molar-refractivity contribution is -0.133. The number of nitrogens with zero attached hydrogens (tertiary/aromatic N) is 3. The number of carbonyl (C=O) groups is 2. The molecule has 7 heteroatoms. The van der Waals surface area contributed by atoms with Gasteiger partial charge in [-0.1, -0.05) is 83.9 Å². The summed E-state index contributed by atoms with van der Waals surface area (Å²) in [5, 5.41) is 10.2. The normalized spacial score (nSPS) is 16.5. The highest BCUT2D eigenvalue weighted by Gasteiger charge is 2.37. The molecule has 202 valence electrons. The summed E-state index contributed by atoms with van der Waals surface area (Å²) < 4.78 is 0. The number of hydrogen-bond acceptors (Lipinski definition) is 4. The number of benzodiazepines with no additional fused rings is 1. The van der Waals surface area contributed by atoms with Gasteiger partial charge >= 0.3 is 5.97 Å². The van der Waals surface area contributed by atoms with Gasteiger partial charge < -0.3 is 10.0 Å². The lowest BCUT2D eigenvalue weighted by Crippen LogP contribution is -2.45. The molecule has 0 saturated heterocycles. The van der Waals surface area contributed by atoms with Gasteiger partial charge in [-0.15, -0.1) is 0 Å². The highest BCUT2D eigenvalue weighted by atomic mass is 35.5. The summed E-state index contributed by atoms with van der Waals surface area (Å²) in [5.74, 6) is -1.34. The molecule has 2 aliphatic rings. The molecule has 2 heterocycles. The highest BCUT2D eigenvalue weighted by molar-refractivity contribution is 6.32. The molecule has 41 heavy (non-hydrogen) atoms. The Kier molecular flexibility index (Phi) is 7.00. The fourth-order valence-electron chi connectivity index (χ4n) is 5.11. The number of carbonyl (C=O) groups excluding carboxylic acids is 1. The van der Waals surface area contributed by atoms with Gasteiger partial charge in [0, 0.05) is 28.0 Å². The lowest BCUT2D eigenvalue weighted by Gasteiger charge is -2.32. The number of halogens is 1. The predicted octanol–water partition coefficient (Wildman–Crippen LogP) is 7.00. The lowest BCUT2D eigenvalue weighted by atomic mass is 9.99. The number of allylic oxidation sites excluding steroid dienone is 2. The number of aliphatic imine (C=N–C) groups is 1. The molecule has 1 unspecified atom stereocenters. The Labute approximate surface area is 243 Å². The van der Waals surface area contributed by atoms with E-state index in [1.165, 1.54) is 0 Å². The Morgan fingerprint density at radius 3 is 2.29 bits per heavy atom. The minimum atomic E-state index is -1.04. The standard InChI is InChI=1S/C34H26ClN3O3/c1-22-9-11-25(12-10-22)31-29-20-27(35)15-18-30(29)38(28-16-13-24(14-17-28)23-6-3-2-4-7-23)33(39)32(36-31)37-19-5-8-26(21-37)34(40)41/h2-20,32H,21H2,1H3,(H,40,41). The van der Waals surface area contributed by atoms with Crippen molar-refractivity contribution in [1.29, 1.82) is 0 Å². The Morgan fingerprint density at radius 2 is 1.59 bits per heavy atom. The van der Waals surface area contributed by atoms with Gasteiger partial charge in [0.25, 0.3) is 5.91 Å². The van der Waals surface area contributed by atoms with Crippen LogP contribution in [0.2, 0.25) is 5.02 Å². The van der Waals surface area contributed by atoms with Crippen LogP contribution in [0.1, 0.15) is 16.7 Å². The third kappa shape index (κ3) is 5.17. The molecule has 0 saturated carbocycles. The van der Waals surface area contributed by atoms with Crippen LogP contribution in [0.3, 0.4) is 0 Å². The van der Waals surface area contributed by atoms with Crippen LogP contribution in [-0.4, -0.2) is 40.3 Å². The van der Waals surface area contributed by atoms with Crippen LogP contribution in [0.25, 0.3) is 11.1 Å². The van der Waals surface area contributed by atoms with Crippen molar-refractivity contribution in [2.45, 2.75) is 13.1 Å². The maximum absolute atomic E-state index is 14.5. The number of amides is 1. The largest absolute Gasteiger partial charge is 0.478 e. The molecule has 0 fully saturated rings. The van der Waals surface area contributed by atoms with Crippen LogP contribution >= 0.6 is 11.6 Å². The Morgan fingerprint density at radius 1 is 0.902 bits per heavy atom. The number of hydrogen-bond donors (Lipinski definition) is 1. The number of fused-ring (bicyclic) bond motifs is 1. The van der Waals surface area contributed by atoms with Crippen molar-refractivity contribution in [3.63, 3.8) is 0 Å². The van der Waals surface area contributed by atoms with E-state index >= 15 is 0 Å². The molecule has 1 atom stereocenters. The predicted molar refractivity (Wildman–Crippen MR) is 163 cm³/mol. The average Bonchev–Trinajstić information content (AvgIpc) is 3.12. The van der Waals surface area contributed by atoms with Crippen molar-refractivity contribution >= 4 is 40.6 Å². The summed E-state index contributed by atoms with van der Waals surface area (Å²) in [6.07, 6.45) is 3.87. The van der Waals surface area contributed by atoms with Crippen molar-refractivity contribution in [2.24, 2.45) is 4.99 Å². The zero-order chi connectivity index (χ0) is 28.5. The summed E-state index contributed by atoms with van der Waals surface area (Å²) in [7, 11) is 0. The number of carboxylic acids is 1. The minimum absolute atomic E-state index is 0.0325. The molecule has 1 N–H and O–H groups in total. The van der Waals surface area contributed by atoms with Gasteiger partial charge in [0.2, 0.25) is 6.17 Å². The van der Waals surface area contributed by atoms with Crippen LogP contribution in [0.5, 0.6) is 0 Å². The molecule has 1 amide bonds. The van der Waals surface area contributed by atoms with Gasteiger partial charge in [-0.3, -0.25) is 9.69 Å². The van der Waals surface area contributed by atoms with Crippen molar-refractivity contribution in [2.75, 3.05) is 11.4 Å². The smallest absolute Gasteiger partial charge is 0.333 e. The number of aryl methyl sites for hydroxylation is 1. The Hall–Kier alpha value is -4.94. The van der Waals surface area contributed by atoms with E-state index in [0.717, 1.165) is 22.3 Å². The summed E-state index contributed by atoms with van der Waals surface area (Å²) in [6.45, 7) is 2.04. The summed E-state index contributed by atoms with van der Waals surface area (Å²) in [4.78, 5) is 34.7. The topological polar surface area (TPSA) is 73.2 Å². The molecule has 0 aliphatic carbocycles. The zero-order valence-corrected chi connectivity index (χ0v) is 23.0. The second-order valence-corrected chi connectivity index (χ2v) is 10.4. The molecule has 6 rings (SSSR count). The first-order chi connectivity index (χ1) is 19.9. The Balaban J connectivity index is 1.52. The monoisotopic (exact) mass is 559 g/mol. The maximum Gasteiger partial charge on any atom is 0.333 e. The molecule has 4 aromatic rings. The van der Waals surface area contributed by atoms with E-state index in [4.69, 9.17) is 16.6 Å². The quantitative estimate of drug-likeness (QED) is 0.286. The van der Waals surface area contributed by atoms with Crippen molar-refractivity contribution in [3.05, 3.63) is 143 Å². The first kappa shape index (κ1) is 26.3. The zero-order valence-electron chi connectivity index (χ0n) is 22.2. The maximum atomic E-state index is 14.5. The van der Waals surface area contributed by atoms with E-state index in [0.29, 0.717) is 27.7 Å². The molecule has 2 aliphatic heterocycles. The van der Waals surface area contributed by atoms with E-state index in [1.54, 1.807) is 34.2 Å². The van der Waals surface area contributed by atoms with Gasteiger partial charge in [-0.05, 0) is 60.5 Å². The first-order valence-corrected chi connectivity index (χ1v) is 13.6. The van der Waals surface area contributed by atoms with E-state index in [-0.39, 0.29) is 18.0 Å². The summed E-state index contributed by atoms with van der Waals surface area (Å²) in [5.41, 5.74) is 6.81. The first-order valence-electron chi connectivity index (χ1n) is 13.2. The molecule has 4 aromatic carbocycles. The van der Waals surface area contributed by atoms with E-state index in [2.05, 4.69) is 0 Å². The SMILES string of the molecule is Cc1ccc(C2=NC(N3C=CC=C(C(=O)O)C3)C(=O)N(c3ccc(-c4ccccc4)cc3)c3ccc(Cl)cc32)cc1. The molecular weight excluding hydrogens is 534 g/mol. The number of aliphatic carboxylic acids is 1. The van der Waals surface area contributed by atoms with Crippen molar-refractivity contribution in [1.82, 2.24) is 4.90 Å². The van der Waals surface area contributed by atoms with Crippen LogP contribution in [0.15, 0.2) is 126 Å². The van der Waals surface area contributed by atoms with Crippen LogP contribution in [0, 0.1) is 6.92 Å². The minimum Gasteiger partial charge on any atom is -0.478 e. The molecule has 0 radical (unpaired) electrons. The third-order valence-electron chi connectivity index (χ3n) is 7.22. The second kappa shape index (κ2) is 10.9. The summed E-state index contributed by atoms with van der Waals surface area (Å²) in [6, 6.07) is 31.2. The molecule has 0 bridgehead atoms. The van der Waals surface area contributed by atoms with E-state index in [1.807, 2.05) is 97.9 Å². The summed E-state index contributed by atoms with van der Waals surface area (Å²) >= 11 is 6.51. The van der Waals surface area contributed by atoms with Gasteiger partial charge in [0.15, 0.2) is 0 Å². The highest BCUT2D eigenvalue weighted by Crippen LogP contribution is 2.37. The van der Waals surface area contributed by atoms with Gasteiger partial charge in [-0.25, -0.2) is 9.79 Å². The van der Waals surface area contributed by atoms with Crippen molar-refractivity contribution in [3.8, 4) is 11.1 Å². The molecule has 6 nitrogen and oxygen atoms in total. The van der Waals surface area contributed by atoms with E-state index in [9.17, 15) is 14.7 Å². The van der Waals surface area contributed by atoms with Crippen molar-refractivity contribution < 1.29 is 14.7 Å². The van der Waals surface area contributed by atoms with Gasteiger partial charge in [0.1, 0.15) is 0 Å². The fraction of sp³-hybridized carbons (Fsp3) is 0.0882. The van der Waals surface area contributed by atoms with Crippen LogP contribution < -0.4 is 4.90 Å². The van der Waals surface area contributed by atoms with Gasteiger partial charge in [0.05, 0.1) is 23.5 Å². The number of rotatable bonds is 5. The van der Waals surface area contributed by atoms with Gasteiger partial charge in [-0.2, -0.15) is 0 Å². The molecular formula is C34H26ClN3O3. The second-order valence-electron chi connectivity index (χ2n) is 9.98.